The van der Waals surface area contributed by atoms with Crippen LogP contribution in [0.3, 0.4) is 0 Å². The van der Waals surface area contributed by atoms with Gasteiger partial charge in [0.05, 0.1) is 0 Å². The lowest BCUT2D eigenvalue weighted by molar-refractivity contribution is -0.115. The van der Waals surface area contributed by atoms with Crippen molar-refractivity contribution in [2.75, 3.05) is 5.32 Å². The Kier molecular flexibility index (Phi) is 3.36. The monoisotopic (exact) mass is 213 g/mol. The molecule has 0 aliphatic rings. The fourth-order valence-corrected chi connectivity index (χ4v) is 1.20. The number of aromatic hydroxyl groups is 1. The maximum Gasteiger partial charge on any atom is 0.224 e. The van der Waals surface area contributed by atoms with Crippen molar-refractivity contribution in [3.05, 3.63) is 22.7 Å². The van der Waals surface area contributed by atoms with Gasteiger partial charge in [0.15, 0.2) is 0 Å². The number of benzene rings is 1. The molecule has 1 aromatic rings. The number of phenolic OH excluding ortho intramolecular Hbond substituents is 1. The molecule has 0 aliphatic carbocycles. The highest BCUT2D eigenvalue weighted by molar-refractivity contribution is 6.31. The number of nitrogens with one attached hydrogen (secondary N) is 1. The highest BCUT2D eigenvalue weighted by atomic mass is 35.5. The third-order valence-electron chi connectivity index (χ3n) is 1.92. The molecule has 3 nitrogen and oxygen atoms in total. The summed E-state index contributed by atoms with van der Waals surface area (Å²) in [4.78, 5) is 11.1. The van der Waals surface area contributed by atoms with E-state index in [1.807, 2.05) is 0 Å². The minimum atomic E-state index is -0.107. The molecule has 0 atom stereocenters. The first kappa shape index (κ1) is 10.9. The van der Waals surface area contributed by atoms with Crippen LogP contribution in [-0.2, 0) is 4.79 Å². The fourth-order valence-electron chi connectivity index (χ4n) is 0.986. The van der Waals surface area contributed by atoms with Gasteiger partial charge in [-0.1, -0.05) is 18.5 Å². The van der Waals surface area contributed by atoms with Gasteiger partial charge in [0.2, 0.25) is 5.91 Å². The molecule has 0 bridgehead atoms. The predicted octanol–water partition coefficient (Wildman–Crippen LogP) is 2.70. The number of carbonyl (C=O) groups is 1. The molecule has 76 valence electrons. The van der Waals surface area contributed by atoms with Crippen molar-refractivity contribution in [1.82, 2.24) is 0 Å². The summed E-state index contributed by atoms with van der Waals surface area (Å²) in [5.74, 6) is -0.0202. The van der Waals surface area contributed by atoms with Crippen LogP contribution in [0.4, 0.5) is 5.69 Å². The molecule has 0 saturated carbocycles. The summed E-state index contributed by atoms with van der Waals surface area (Å²) >= 11 is 5.83. The Morgan fingerprint density at radius 1 is 1.57 bits per heavy atom. The predicted molar refractivity (Wildman–Crippen MR) is 56.8 cm³/mol. The summed E-state index contributed by atoms with van der Waals surface area (Å²) in [5, 5.41) is 12.5. The summed E-state index contributed by atoms with van der Waals surface area (Å²) in [7, 11) is 0. The Morgan fingerprint density at radius 2 is 2.21 bits per heavy atom. The number of hydrogen-bond acceptors (Lipinski definition) is 2. The van der Waals surface area contributed by atoms with Gasteiger partial charge in [-0.15, -0.1) is 0 Å². The zero-order valence-corrected chi connectivity index (χ0v) is 8.85. The Morgan fingerprint density at radius 3 is 2.71 bits per heavy atom. The van der Waals surface area contributed by atoms with Crippen molar-refractivity contribution in [1.29, 1.82) is 0 Å². The van der Waals surface area contributed by atoms with E-state index in [9.17, 15) is 9.90 Å². The van der Waals surface area contributed by atoms with E-state index in [1.165, 1.54) is 6.07 Å². The van der Waals surface area contributed by atoms with Gasteiger partial charge in [-0.3, -0.25) is 4.79 Å². The lowest BCUT2D eigenvalue weighted by atomic mass is 10.2. The van der Waals surface area contributed by atoms with Crippen LogP contribution < -0.4 is 5.32 Å². The molecule has 0 aromatic heterocycles. The van der Waals surface area contributed by atoms with E-state index in [4.69, 9.17) is 11.6 Å². The lowest BCUT2D eigenvalue weighted by Gasteiger charge is -2.07. The number of hydrogen-bond donors (Lipinski definition) is 2. The zero-order chi connectivity index (χ0) is 10.7. The SMILES string of the molecule is CCC(=O)Nc1cc(O)c(C)c(Cl)c1. The summed E-state index contributed by atoms with van der Waals surface area (Å²) in [6.07, 6.45) is 0.395. The molecule has 0 saturated heterocycles. The Balaban J connectivity index is 2.95. The minimum absolute atomic E-state index is 0.0869. The highest BCUT2D eigenvalue weighted by Crippen LogP contribution is 2.28. The fraction of sp³-hybridized carbons (Fsp3) is 0.300. The minimum Gasteiger partial charge on any atom is -0.508 e. The summed E-state index contributed by atoms with van der Waals surface area (Å²) in [6.45, 7) is 3.47. The van der Waals surface area contributed by atoms with Crippen molar-refractivity contribution in [2.24, 2.45) is 0 Å². The van der Waals surface area contributed by atoms with Crippen LogP contribution in [0, 0.1) is 6.92 Å². The Hall–Kier alpha value is -1.22. The van der Waals surface area contributed by atoms with Crippen LogP contribution in [0.25, 0.3) is 0 Å². The van der Waals surface area contributed by atoms with Crippen LogP contribution in [0.2, 0.25) is 5.02 Å². The van der Waals surface area contributed by atoms with E-state index in [1.54, 1.807) is 19.9 Å². The molecular weight excluding hydrogens is 202 g/mol. The molecule has 1 rings (SSSR count). The van der Waals surface area contributed by atoms with Gasteiger partial charge in [-0.05, 0) is 13.0 Å². The third kappa shape index (κ3) is 2.39. The van der Waals surface area contributed by atoms with Gasteiger partial charge in [0.25, 0.3) is 0 Å². The molecule has 0 radical (unpaired) electrons. The maximum atomic E-state index is 11.1. The molecule has 1 amide bonds. The standard InChI is InChI=1S/C10H12ClNO2/c1-3-10(14)12-7-4-8(11)6(2)9(13)5-7/h4-5,13H,3H2,1-2H3,(H,12,14). The second-order valence-electron chi connectivity index (χ2n) is 3.00. The van der Waals surface area contributed by atoms with Gasteiger partial charge >= 0.3 is 0 Å². The molecule has 0 spiro atoms. The normalized spacial score (nSPS) is 9.93. The largest absolute Gasteiger partial charge is 0.508 e. The number of rotatable bonds is 2. The van der Waals surface area contributed by atoms with Crippen LogP contribution in [0.15, 0.2) is 12.1 Å². The second kappa shape index (κ2) is 4.33. The molecule has 0 aliphatic heterocycles. The average molecular weight is 214 g/mol. The molecule has 1 aromatic carbocycles. The lowest BCUT2D eigenvalue weighted by Crippen LogP contribution is -2.09. The topological polar surface area (TPSA) is 49.3 Å². The van der Waals surface area contributed by atoms with Crippen molar-refractivity contribution in [3.8, 4) is 5.75 Å². The van der Waals surface area contributed by atoms with Crippen molar-refractivity contribution < 1.29 is 9.90 Å². The number of anilines is 1. The van der Waals surface area contributed by atoms with E-state index in [0.29, 0.717) is 22.7 Å². The highest BCUT2D eigenvalue weighted by Gasteiger charge is 2.06. The maximum absolute atomic E-state index is 11.1. The molecule has 0 unspecified atom stereocenters. The first-order valence-electron chi connectivity index (χ1n) is 4.33. The van der Waals surface area contributed by atoms with Gasteiger partial charge in [-0.2, -0.15) is 0 Å². The van der Waals surface area contributed by atoms with Crippen LogP contribution in [-0.4, -0.2) is 11.0 Å². The molecule has 14 heavy (non-hydrogen) atoms. The van der Waals surface area contributed by atoms with Gasteiger partial charge < -0.3 is 10.4 Å². The van der Waals surface area contributed by atoms with Crippen molar-refractivity contribution in [3.63, 3.8) is 0 Å². The van der Waals surface area contributed by atoms with E-state index in [2.05, 4.69) is 5.32 Å². The van der Waals surface area contributed by atoms with Crippen LogP contribution in [0.5, 0.6) is 5.75 Å². The average Bonchev–Trinajstić information content (AvgIpc) is 2.14. The first-order valence-corrected chi connectivity index (χ1v) is 4.71. The second-order valence-corrected chi connectivity index (χ2v) is 3.41. The van der Waals surface area contributed by atoms with E-state index in [0.717, 1.165) is 0 Å². The number of carbonyl (C=O) groups excluding carboxylic acids is 1. The first-order chi connectivity index (χ1) is 6.54. The molecule has 0 heterocycles. The Bertz CT molecular complexity index is 340. The van der Waals surface area contributed by atoms with Crippen LogP contribution >= 0.6 is 11.6 Å². The third-order valence-corrected chi connectivity index (χ3v) is 2.31. The number of amides is 1. The number of halogens is 1. The van der Waals surface area contributed by atoms with Crippen LogP contribution in [0.1, 0.15) is 18.9 Å². The smallest absolute Gasteiger partial charge is 0.224 e. The molecule has 4 heteroatoms. The summed E-state index contributed by atoms with van der Waals surface area (Å²) < 4.78 is 0. The summed E-state index contributed by atoms with van der Waals surface area (Å²) in [6, 6.07) is 3.10. The van der Waals surface area contributed by atoms with Gasteiger partial charge in [-0.25, -0.2) is 0 Å². The zero-order valence-electron chi connectivity index (χ0n) is 8.10. The Labute approximate surface area is 87.7 Å². The van der Waals surface area contributed by atoms with Gasteiger partial charge in [0.1, 0.15) is 5.75 Å². The van der Waals surface area contributed by atoms with Crippen molar-refractivity contribution >= 4 is 23.2 Å². The molecular formula is C10H12ClNO2. The molecule has 0 fully saturated rings. The molecule has 2 N–H and O–H groups in total. The number of phenols is 1. The summed E-state index contributed by atoms with van der Waals surface area (Å²) in [5.41, 5.74) is 1.13. The van der Waals surface area contributed by atoms with E-state index >= 15 is 0 Å². The van der Waals surface area contributed by atoms with E-state index in [-0.39, 0.29) is 11.7 Å². The van der Waals surface area contributed by atoms with Crippen molar-refractivity contribution in [2.45, 2.75) is 20.3 Å². The quantitative estimate of drug-likeness (QED) is 0.794. The van der Waals surface area contributed by atoms with Gasteiger partial charge in [0, 0.05) is 28.8 Å². The van der Waals surface area contributed by atoms with E-state index < -0.39 is 0 Å².